The molecule has 4 rings (SSSR count). The highest BCUT2D eigenvalue weighted by Gasteiger charge is 2.42. The molecule has 4 fully saturated rings. The Labute approximate surface area is 64.6 Å². The highest BCUT2D eigenvalue weighted by Crippen LogP contribution is 2.51. The molecule has 3 saturated heterocycles. The molecular formula is C9H16Si. The second-order valence-corrected chi connectivity index (χ2v) is 8.02. The van der Waals surface area contributed by atoms with Crippen LogP contribution in [0.2, 0.25) is 18.1 Å². The van der Waals surface area contributed by atoms with E-state index >= 15 is 0 Å². The molecule has 0 spiro atoms. The molecule has 3 heterocycles. The van der Waals surface area contributed by atoms with Crippen LogP contribution in [0.1, 0.15) is 19.3 Å². The molecule has 0 N–H and O–H groups in total. The summed E-state index contributed by atoms with van der Waals surface area (Å²) in [5.74, 6) is 3.72. The molecule has 4 aliphatic rings. The van der Waals surface area contributed by atoms with E-state index in [1.807, 2.05) is 0 Å². The largest absolute Gasteiger partial charge is 0.0570 e. The van der Waals surface area contributed by atoms with E-state index < -0.39 is 0 Å². The van der Waals surface area contributed by atoms with Crippen LogP contribution in [-0.4, -0.2) is 8.80 Å². The van der Waals surface area contributed by atoms with E-state index in [4.69, 9.17) is 0 Å². The molecule has 4 bridgehead atoms. The van der Waals surface area contributed by atoms with Crippen molar-refractivity contribution in [2.45, 2.75) is 37.4 Å². The minimum Gasteiger partial charge on any atom is -0.0570 e. The van der Waals surface area contributed by atoms with Crippen LogP contribution in [0.25, 0.3) is 0 Å². The van der Waals surface area contributed by atoms with Crippen molar-refractivity contribution in [1.82, 2.24) is 0 Å². The van der Waals surface area contributed by atoms with Gasteiger partial charge in [0.15, 0.2) is 0 Å². The van der Waals surface area contributed by atoms with E-state index in [1.54, 1.807) is 37.4 Å². The van der Waals surface area contributed by atoms with Crippen molar-refractivity contribution in [3.8, 4) is 0 Å². The monoisotopic (exact) mass is 152 g/mol. The van der Waals surface area contributed by atoms with E-state index in [2.05, 4.69) is 0 Å². The zero-order valence-corrected chi connectivity index (χ0v) is 7.71. The van der Waals surface area contributed by atoms with Crippen molar-refractivity contribution >= 4 is 8.80 Å². The van der Waals surface area contributed by atoms with E-state index in [1.165, 1.54) is 17.8 Å². The SMILES string of the molecule is C1C2CC3CC1C[SiH](C2)C3. The molecule has 3 aliphatic heterocycles. The van der Waals surface area contributed by atoms with Gasteiger partial charge in [0, 0.05) is 8.80 Å². The lowest BCUT2D eigenvalue weighted by Gasteiger charge is -2.49. The van der Waals surface area contributed by atoms with Gasteiger partial charge in [-0.05, 0) is 37.0 Å². The van der Waals surface area contributed by atoms with Crippen molar-refractivity contribution in [1.29, 1.82) is 0 Å². The first kappa shape index (κ1) is 5.82. The van der Waals surface area contributed by atoms with E-state index in [0.717, 1.165) is 0 Å². The lowest BCUT2D eigenvalue weighted by atomic mass is 9.76. The second-order valence-electron chi connectivity index (χ2n) is 4.88. The topological polar surface area (TPSA) is 0 Å². The zero-order valence-electron chi connectivity index (χ0n) is 6.55. The van der Waals surface area contributed by atoms with Crippen LogP contribution in [0, 0.1) is 17.8 Å². The third kappa shape index (κ3) is 0.730. The van der Waals surface area contributed by atoms with Crippen LogP contribution in [0.15, 0.2) is 0 Å². The Bertz CT molecular complexity index is 96.3. The van der Waals surface area contributed by atoms with E-state index in [9.17, 15) is 0 Å². The molecule has 0 radical (unpaired) electrons. The van der Waals surface area contributed by atoms with Gasteiger partial charge in [0.2, 0.25) is 0 Å². The summed E-state index contributed by atoms with van der Waals surface area (Å²) in [6.07, 6.45) is 4.92. The smallest absolute Gasteiger partial charge is 0.0376 e. The number of hydrogen-bond donors (Lipinski definition) is 0. The van der Waals surface area contributed by atoms with Crippen LogP contribution in [0.3, 0.4) is 0 Å². The van der Waals surface area contributed by atoms with Gasteiger partial charge in [0.05, 0.1) is 0 Å². The van der Waals surface area contributed by atoms with Gasteiger partial charge in [-0.25, -0.2) is 0 Å². The maximum Gasteiger partial charge on any atom is 0.0376 e. The van der Waals surface area contributed by atoms with Crippen LogP contribution >= 0.6 is 0 Å². The average Bonchev–Trinajstić information content (AvgIpc) is 1.82. The molecule has 10 heavy (non-hydrogen) atoms. The Balaban J connectivity index is 1.90. The minimum absolute atomic E-state index is 0.0845. The summed E-state index contributed by atoms with van der Waals surface area (Å²) < 4.78 is 0. The second kappa shape index (κ2) is 1.88. The summed E-state index contributed by atoms with van der Waals surface area (Å²) in [5, 5.41) is 0. The normalized spacial score (nSPS) is 57.6. The first-order valence-corrected chi connectivity index (χ1v) is 7.35. The molecule has 0 nitrogen and oxygen atoms in total. The summed E-state index contributed by atoms with van der Waals surface area (Å²) in [5.41, 5.74) is 0. The van der Waals surface area contributed by atoms with Gasteiger partial charge in [-0.15, -0.1) is 0 Å². The Morgan fingerprint density at radius 3 is 1.40 bits per heavy atom. The first-order chi connectivity index (χ1) is 4.90. The number of hydrogen-bond acceptors (Lipinski definition) is 0. The Morgan fingerprint density at radius 1 is 0.700 bits per heavy atom. The molecule has 0 unspecified atom stereocenters. The lowest BCUT2D eigenvalue weighted by Crippen LogP contribution is -2.42. The molecule has 0 amide bonds. The molecule has 0 aromatic rings. The summed E-state index contributed by atoms with van der Waals surface area (Å²) in [4.78, 5) is 0. The highest BCUT2D eigenvalue weighted by molar-refractivity contribution is 6.59. The summed E-state index contributed by atoms with van der Waals surface area (Å²) in [7, 11) is -0.0845. The van der Waals surface area contributed by atoms with Crippen LogP contribution in [-0.2, 0) is 0 Å². The van der Waals surface area contributed by atoms with Crippen LogP contribution < -0.4 is 0 Å². The van der Waals surface area contributed by atoms with Crippen molar-refractivity contribution < 1.29 is 0 Å². The molecule has 1 saturated carbocycles. The summed E-state index contributed by atoms with van der Waals surface area (Å²) in [6, 6.07) is 5.23. The van der Waals surface area contributed by atoms with Crippen molar-refractivity contribution in [3.05, 3.63) is 0 Å². The molecule has 0 atom stereocenters. The van der Waals surface area contributed by atoms with Gasteiger partial charge in [-0.3, -0.25) is 0 Å². The fourth-order valence-electron chi connectivity index (χ4n) is 3.98. The van der Waals surface area contributed by atoms with Gasteiger partial charge in [-0.1, -0.05) is 18.1 Å². The maximum atomic E-state index is 1.74. The molecule has 0 aromatic heterocycles. The van der Waals surface area contributed by atoms with Crippen molar-refractivity contribution in [2.75, 3.05) is 0 Å². The van der Waals surface area contributed by atoms with E-state index in [-0.39, 0.29) is 8.80 Å². The van der Waals surface area contributed by atoms with Crippen LogP contribution in [0.5, 0.6) is 0 Å². The minimum atomic E-state index is -0.0845. The Morgan fingerprint density at radius 2 is 1.10 bits per heavy atom. The van der Waals surface area contributed by atoms with Gasteiger partial charge in [0.25, 0.3) is 0 Å². The predicted octanol–water partition coefficient (Wildman–Crippen LogP) is 2.27. The third-order valence-electron chi connectivity index (χ3n) is 4.00. The Kier molecular flexibility index (Phi) is 1.09. The van der Waals surface area contributed by atoms with Gasteiger partial charge >= 0.3 is 0 Å². The van der Waals surface area contributed by atoms with Gasteiger partial charge < -0.3 is 0 Å². The van der Waals surface area contributed by atoms with Crippen LogP contribution in [0.4, 0.5) is 0 Å². The molecular weight excluding hydrogens is 136 g/mol. The summed E-state index contributed by atoms with van der Waals surface area (Å²) >= 11 is 0. The molecule has 56 valence electrons. The predicted molar refractivity (Wildman–Crippen MR) is 45.9 cm³/mol. The number of rotatable bonds is 0. The highest BCUT2D eigenvalue weighted by atomic mass is 28.3. The molecule has 1 aliphatic carbocycles. The third-order valence-corrected chi connectivity index (χ3v) is 8.00. The fourth-order valence-corrected chi connectivity index (χ4v) is 8.54. The van der Waals surface area contributed by atoms with Gasteiger partial charge in [-0.2, -0.15) is 0 Å². The van der Waals surface area contributed by atoms with Gasteiger partial charge in [0.1, 0.15) is 0 Å². The molecule has 1 heteroatoms. The quantitative estimate of drug-likeness (QED) is 0.467. The standard InChI is InChI=1S/C9H16Si/c1-7-2-9-3-8(1)5-10(4-7)6-9/h7-10H,1-6H2. The van der Waals surface area contributed by atoms with E-state index in [0.29, 0.717) is 0 Å². The average molecular weight is 152 g/mol. The van der Waals surface area contributed by atoms with Crippen molar-refractivity contribution in [3.63, 3.8) is 0 Å². The maximum absolute atomic E-state index is 1.74. The first-order valence-electron chi connectivity index (χ1n) is 4.90. The van der Waals surface area contributed by atoms with Crippen molar-refractivity contribution in [2.24, 2.45) is 17.8 Å². The summed E-state index contributed by atoms with van der Waals surface area (Å²) in [6.45, 7) is 0. The fraction of sp³-hybridized carbons (Fsp3) is 1.00. The lowest BCUT2D eigenvalue weighted by molar-refractivity contribution is 0.194. The Hall–Kier alpha value is 0.217. The zero-order chi connectivity index (χ0) is 6.55. The molecule has 0 aromatic carbocycles.